The van der Waals surface area contributed by atoms with Crippen LogP contribution in [0.1, 0.15) is 25.0 Å². The highest BCUT2D eigenvalue weighted by atomic mass is 31.2. The number of aromatic nitrogens is 1. The van der Waals surface area contributed by atoms with Crippen molar-refractivity contribution in [1.29, 1.82) is 0 Å². The third kappa shape index (κ3) is 5.21. The number of hydrogen-bond acceptors (Lipinski definition) is 7. The van der Waals surface area contributed by atoms with Gasteiger partial charge in [0.25, 0.3) is 0 Å². The second kappa shape index (κ2) is 9.65. The Bertz CT molecular complexity index is 991. The Morgan fingerprint density at radius 3 is 2.34 bits per heavy atom. The quantitative estimate of drug-likeness (QED) is 0.302. The number of nitrogens with one attached hydrogen (secondary N) is 1. The molecule has 1 aromatic heterocycles. The van der Waals surface area contributed by atoms with Crippen molar-refractivity contribution in [1.82, 2.24) is 4.98 Å². The third-order valence-electron chi connectivity index (χ3n) is 3.94. The summed E-state index contributed by atoms with van der Waals surface area (Å²) in [5.74, 6) is 0.422. The molecular formula is C21H24N3O4P. The molecule has 0 aliphatic heterocycles. The second-order valence-corrected chi connectivity index (χ2v) is 8.09. The maximum atomic E-state index is 13.3. The van der Waals surface area contributed by atoms with Gasteiger partial charge in [-0.3, -0.25) is 4.57 Å². The number of hydrogen-bond donors (Lipinski definition) is 1. The molecule has 0 amide bonds. The van der Waals surface area contributed by atoms with Gasteiger partial charge in [0, 0.05) is 5.56 Å². The van der Waals surface area contributed by atoms with Crippen LogP contribution in [0.25, 0.3) is 11.5 Å². The van der Waals surface area contributed by atoms with Gasteiger partial charge >= 0.3 is 7.60 Å². The lowest BCUT2D eigenvalue weighted by atomic mass is 10.2. The summed E-state index contributed by atoms with van der Waals surface area (Å²) in [6.45, 7) is 5.91. The molecule has 0 aliphatic carbocycles. The van der Waals surface area contributed by atoms with Crippen LogP contribution in [0.4, 0.5) is 5.88 Å². The predicted octanol–water partition coefficient (Wildman–Crippen LogP) is 4.99. The van der Waals surface area contributed by atoms with E-state index in [0.29, 0.717) is 5.89 Å². The van der Waals surface area contributed by atoms with Gasteiger partial charge in [0.15, 0.2) is 0 Å². The first-order valence-corrected chi connectivity index (χ1v) is 10.9. The molecule has 1 heterocycles. The average Bonchev–Trinajstić information content (AvgIpc) is 3.16. The second-order valence-electron chi connectivity index (χ2n) is 6.15. The van der Waals surface area contributed by atoms with E-state index in [2.05, 4.69) is 15.5 Å². The van der Waals surface area contributed by atoms with E-state index >= 15 is 0 Å². The van der Waals surface area contributed by atoms with Crippen LogP contribution in [0.5, 0.6) is 0 Å². The highest BCUT2D eigenvalue weighted by Gasteiger charge is 2.35. The zero-order valence-electron chi connectivity index (χ0n) is 16.7. The van der Waals surface area contributed by atoms with Crippen LogP contribution in [0.2, 0.25) is 0 Å². The van der Waals surface area contributed by atoms with E-state index in [1.807, 2.05) is 61.5 Å². The van der Waals surface area contributed by atoms with Gasteiger partial charge < -0.3 is 13.5 Å². The molecular weight excluding hydrogens is 389 g/mol. The number of oxazole rings is 1. The van der Waals surface area contributed by atoms with Crippen molar-refractivity contribution in [3.05, 3.63) is 65.7 Å². The average molecular weight is 413 g/mol. The number of nitrogens with zero attached hydrogens (tertiary/aromatic N) is 2. The molecule has 29 heavy (non-hydrogen) atoms. The molecule has 0 bridgehead atoms. The van der Waals surface area contributed by atoms with Crippen LogP contribution in [0.3, 0.4) is 0 Å². The van der Waals surface area contributed by atoms with Crippen LogP contribution in [0, 0.1) is 6.92 Å². The molecule has 7 nitrogen and oxygen atoms in total. The molecule has 0 unspecified atom stereocenters. The molecule has 8 heteroatoms. The van der Waals surface area contributed by atoms with E-state index < -0.39 is 7.60 Å². The molecule has 0 atom stereocenters. The van der Waals surface area contributed by atoms with Gasteiger partial charge in [-0.05, 0) is 38.5 Å². The minimum atomic E-state index is -3.67. The van der Waals surface area contributed by atoms with Crippen molar-refractivity contribution in [2.45, 2.75) is 20.8 Å². The molecule has 3 aromatic rings. The van der Waals surface area contributed by atoms with Crippen LogP contribution in [0.15, 0.2) is 64.1 Å². The lowest BCUT2D eigenvalue weighted by molar-refractivity contribution is 0.229. The minimum absolute atomic E-state index is 0.0705. The van der Waals surface area contributed by atoms with Crippen LogP contribution in [-0.2, 0) is 13.6 Å². The first-order valence-electron chi connectivity index (χ1n) is 9.37. The Morgan fingerprint density at radius 1 is 1.07 bits per heavy atom. The molecule has 0 spiro atoms. The van der Waals surface area contributed by atoms with E-state index in [9.17, 15) is 4.57 Å². The van der Waals surface area contributed by atoms with E-state index in [0.717, 1.165) is 16.7 Å². The molecule has 0 aliphatic rings. The van der Waals surface area contributed by atoms with Gasteiger partial charge in [0.1, 0.15) is 0 Å². The van der Waals surface area contributed by atoms with Crippen molar-refractivity contribution in [3.8, 4) is 11.5 Å². The zero-order valence-corrected chi connectivity index (χ0v) is 17.6. The summed E-state index contributed by atoms with van der Waals surface area (Å²) in [4.78, 5) is 4.41. The largest absolute Gasteiger partial charge is 0.418 e. The summed E-state index contributed by atoms with van der Waals surface area (Å²) in [5, 5.41) is 4.20. The molecule has 0 radical (unpaired) electrons. The van der Waals surface area contributed by atoms with Crippen molar-refractivity contribution in [2.75, 3.05) is 18.6 Å². The summed E-state index contributed by atoms with van der Waals surface area (Å²) in [5.41, 5.74) is 5.68. The highest BCUT2D eigenvalue weighted by Crippen LogP contribution is 2.49. The lowest BCUT2D eigenvalue weighted by Gasteiger charge is -2.14. The maximum Gasteiger partial charge on any atom is 0.385 e. The number of hydrazone groups is 1. The highest BCUT2D eigenvalue weighted by molar-refractivity contribution is 7.62. The van der Waals surface area contributed by atoms with Crippen molar-refractivity contribution in [2.24, 2.45) is 5.10 Å². The van der Waals surface area contributed by atoms with E-state index in [1.54, 1.807) is 20.1 Å². The standard InChI is InChI=1S/C21H24N3O4P/c1-4-26-29(25,27-5-2)21-20(24-22-15-17-13-11-16(3)12-14-17)28-19(23-21)18-9-7-6-8-10-18/h6-15,24H,4-5H2,1-3H3/b22-15+. The predicted molar refractivity (Wildman–Crippen MR) is 115 cm³/mol. The number of anilines is 1. The Labute approximate surface area is 170 Å². The third-order valence-corrected chi connectivity index (χ3v) is 5.96. The molecule has 1 N–H and O–H groups in total. The topological polar surface area (TPSA) is 86.0 Å². The summed E-state index contributed by atoms with van der Waals surface area (Å²) < 4.78 is 30.0. The summed E-state index contributed by atoms with van der Waals surface area (Å²) in [6, 6.07) is 17.2. The van der Waals surface area contributed by atoms with Crippen molar-refractivity contribution >= 4 is 25.1 Å². The van der Waals surface area contributed by atoms with Gasteiger partial charge in [-0.2, -0.15) is 10.1 Å². The number of benzene rings is 2. The summed E-state index contributed by atoms with van der Waals surface area (Å²) in [6.07, 6.45) is 1.64. The monoisotopic (exact) mass is 413 g/mol. The fraction of sp³-hybridized carbons (Fsp3) is 0.238. The Kier molecular flexibility index (Phi) is 6.99. The number of rotatable bonds is 9. The lowest BCUT2D eigenvalue weighted by Crippen LogP contribution is -2.15. The Balaban J connectivity index is 1.95. The smallest absolute Gasteiger partial charge is 0.385 e. The maximum absolute atomic E-state index is 13.3. The zero-order chi connectivity index (χ0) is 20.7. The van der Waals surface area contributed by atoms with Gasteiger partial charge in [-0.15, -0.1) is 0 Å². The fourth-order valence-electron chi connectivity index (χ4n) is 2.59. The van der Waals surface area contributed by atoms with Gasteiger partial charge in [-0.1, -0.05) is 48.0 Å². The van der Waals surface area contributed by atoms with Crippen LogP contribution in [-0.4, -0.2) is 24.4 Å². The first-order chi connectivity index (χ1) is 14.1. The van der Waals surface area contributed by atoms with Gasteiger partial charge in [-0.25, -0.2) is 5.43 Å². The van der Waals surface area contributed by atoms with Crippen molar-refractivity contribution < 1.29 is 18.0 Å². The molecule has 152 valence electrons. The summed E-state index contributed by atoms with van der Waals surface area (Å²) >= 11 is 0. The Morgan fingerprint density at radius 2 is 1.72 bits per heavy atom. The Hall–Kier alpha value is -2.73. The summed E-state index contributed by atoms with van der Waals surface area (Å²) in [7, 11) is -3.67. The van der Waals surface area contributed by atoms with Crippen LogP contribution < -0.4 is 10.9 Å². The molecule has 3 rings (SSSR count). The van der Waals surface area contributed by atoms with Gasteiger partial charge in [0.2, 0.25) is 17.2 Å². The molecule has 2 aromatic carbocycles. The molecule has 0 saturated carbocycles. The van der Waals surface area contributed by atoms with Crippen molar-refractivity contribution in [3.63, 3.8) is 0 Å². The molecule has 0 fully saturated rings. The normalized spacial score (nSPS) is 11.8. The first kappa shape index (κ1) is 21.0. The molecule has 0 saturated heterocycles. The van der Waals surface area contributed by atoms with Crippen LogP contribution >= 0.6 is 7.60 Å². The van der Waals surface area contributed by atoms with E-state index in [4.69, 9.17) is 13.5 Å². The number of aryl methyl sites for hydroxylation is 1. The van der Waals surface area contributed by atoms with Gasteiger partial charge in [0.05, 0.1) is 19.4 Å². The SMILES string of the molecule is CCOP(=O)(OCC)c1nc(-c2ccccc2)oc1N/N=C/c1ccc(C)cc1. The van der Waals surface area contributed by atoms with E-state index in [-0.39, 0.29) is 24.5 Å². The minimum Gasteiger partial charge on any atom is -0.418 e. The fourth-order valence-corrected chi connectivity index (χ4v) is 4.15. The van der Waals surface area contributed by atoms with E-state index in [1.165, 1.54) is 0 Å².